The van der Waals surface area contributed by atoms with E-state index >= 15 is 0 Å². The van der Waals surface area contributed by atoms with E-state index in [1.54, 1.807) is 0 Å². The van der Waals surface area contributed by atoms with Gasteiger partial charge in [0.15, 0.2) is 0 Å². The first-order chi connectivity index (χ1) is 9.46. The van der Waals surface area contributed by atoms with Crippen LogP contribution in [0.15, 0.2) is 30.3 Å². The number of carbonyl (C=O) groups excluding carboxylic acids is 1. The molecule has 0 heterocycles. The molecule has 1 aromatic carbocycles. The normalized spacial score (nSPS) is 13.0. The average molecular weight is 276 g/mol. The third-order valence-corrected chi connectivity index (χ3v) is 3.74. The highest BCUT2D eigenvalue weighted by molar-refractivity contribution is 5.77. The molecule has 3 N–H and O–H groups in total. The molecule has 0 spiro atoms. The van der Waals surface area contributed by atoms with Crippen LogP contribution in [0.4, 0.5) is 0 Å². The Hall–Kier alpha value is -1.35. The van der Waals surface area contributed by atoms with E-state index in [0.717, 1.165) is 19.3 Å². The van der Waals surface area contributed by atoms with Crippen molar-refractivity contribution in [2.24, 2.45) is 11.7 Å². The van der Waals surface area contributed by atoms with Crippen molar-refractivity contribution in [2.45, 2.75) is 52.0 Å². The molecule has 112 valence electrons. The lowest BCUT2D eigenvalue weighted by atomic mass is 9.94. The Bertz CT molecular complexity index is 397. The number of hydrogen-bond acceptors (Lipinski definition) is 2. The summed E-state index contributed by atoms with van der Waals surface area (Å²) < 4.78 is 0. The van der Waals surface area contributed by atoms with Crippen molar-refractivity contribution in [1.82, 2.24) is 5.32 Å². The van der Waals surface area contributed by atoms with Gasteiger partial charge in [0.25, 0.3) is 0 Å². The molecular weight excluding hydrogens is 248 g/mol. The van der Waals surface area contributed by atoms with E-state index in [2.05, 4.69) is 38.2 Å². The van der Waals surface area contributed by atoms with Crippen LogP contribution in [0.5, 0.6) is 0 Å². The Labute approximate surface area is 122 Å². The molecule has 0 aliphatic rings. The lowest BCUT2D eigenvalue weighted by Crippen LogP contribution is -2.44. The van der Waals surface area contributed by atoms with Gasteiger partial charge in [-0.3, -0.25) is 4.79 Å². The van der Waals surface area contributed by atoms with Crippen molar-refractivity contribution in [3.05, 3.63) is 35.9 Å². The van der Waals surface area contributed by atoms with Crippen molar-refractivity contribution < 1.29 is 4.79 Å². The molecule has 20 heavy (non-hydrogen) atoms. The fourth-order valence-corrected chi connectivity index (χ4v) is 2.25. The number of carbonyl (C=O) groups is 1. The van der Waals surface area contributed by atoms with Gasteiger partial charge >= 0.3 is 0 Å². The molecule has 0 aliphatic heterocycles. The smallest absolute Gasteiger partial charge is 0.220 e. The summed E-state index contributed by atoms with van der Waals surface area (Å²) in [4.78, 5) is 12.0. The number of aryl methyl sites for hydroxylation is 1. The third-order valence-electron chi connectivity index (χ3n) is 3.74. The van der Waals surface area contributed by atoms with Gasteiger partial charge in [0, 0.05) is 12.0 Å². The maximum absolute atomic E-state index is 12.0. The van der Waals surface area contributed by atoms with Gasteiger partial charge in [0.2, 0.25) is 5.91 Å². The van der Waals surface area contributed by atoms with E-state index in [1.807, 2.05) is 18.2 Å². The zero-order chi connectivity index (χ0) is 15.0. The monoisotopic (exact) mass is 276 g/mol. The molecule has 3 nitrogen and oxygen atoms in total. The van der Waals surface area contributed by atoms with Crippen LogP contribution in [0.1, 0.15) is 45.6 Å². The Morgan fingerprint density at radius 1 is 1.30 bits per heavy atom. The van der Waals surface area contributed by atoms with Gasteiger partial charge in [-0.25, -0.2) is 0 Å². The molecule has 0 bridgehead atoms. The highest BCUT2D eigenvalue weighted by Crippen LogP contribution is 2.15. The van der Waals surface area contributed by atoms with Crippen LogP contribution in [0.3, 0.4) is 0 Å². The standard InChI is InChI=1S/C17H28N2O/c1-4-14(13-18)12-16(20)19-17(2,3)11-10-15-8-6-5-7-9-15/h5-9,14H,4,10-13,18H2,1-3H3,(H,19,20). The predicted octanol–water partition coefficient (Wildman–Crippen LogP) is 2.89. The average Bonchev–Trinajstić information content (AvgIpc) is 2.43. The summed E-state index contributed by atoms with van der Waals surface area (Å²) in [6.07, 6.45) is 3.39. The molecule has 0 radical (unpaired) electrons. The van der Waals surface area contributed by atoms with E-state index in [-0.39, 0.29) is 11.4 Å². The van der Waals surface area contributed by atoms with Gasteiger partial charge in [-0.05, 0) is 44.7 Å². The van der Waals surface area contributed by atoms with Crippen LogP contribution in [-0.2, 0) is 11.2 Å². The van der Waals surface area contributed by atoms with Gasteiger partial charge < -0.3 is 11.1 Å². The maximum Gasteiger partial charge on any atom is 0.220 e. The van der Waals surface area contributed by atoms with Crippen molar-refractivity contribution in [1.29, 1.82) is 0 Å². The van der Waals surface area contributed by atoms with Crippen LogP contribution in [0.2, 0.25) is 0 Å². The zero-order valence-corrected chi connectivity index (χ0v) is 13.0. The van der Waals surface area contributed by atoms with E-state index < -0.39 is 0 Å². The van der Waals surface area contributed by atoms with Crippen molar-refractivity contribution in [2.75, 3.05) is 6.54 Å². The largest absolute Gasteiger partial charge is 0.351 e. The van der Waals surface area contributed by atoms with Crippen LogP contribution < -0.4 is 11.1 Å². The van der Waals surface area contributed by atoms with E-state index in [4.69, 9.17) is 5.73 Å². The Kier molecular flexibility index (Phi) is 6.73. The molecule has 0 fully saturated rings. The predicted molar refractivity (Wildman–Crippen MR) is 84.4 cm³/mol. The van der Waals surface area contributed by atoms with Crippen LogP contribution >= 0.6 is 0 Å². The van der Waals surface area contributed by atoms with Crippen molar-refractivity contribution in [3.8, 4) is 0 Å². The zero-order valence-electron chi connectivity index (χ0n) is 13.0. The third kappa shape index (κ3) is 6.20. The lowest BCUT2D eigenvalue weighted by molar-refractivity contribution is -0.123. The Morgan fingerprint density at radius 2 is 1.95 bits per heavy atom. The second-order valence-electron chi connectivity index (χ2n) is 6.13. The summed E-state index contributed by atoms with van der Waals surface area (Å²) in [7, 11) is 0. The lowest BCUT2D eigenvalue weighted by Gasteiger charge is -2.27. The minimum atomic E-state index is -0.181. The second kappa shape index (κ2) is 8.05. The Balaban J connectivity index is 2.42. The number of hydrogen-bond donors (Lipinski definition) is 2. The number of nitrogens with one attached hydrogen (secondary N) is 1. The first-order valence-electron chi connectivity index (χ1n) is 7.52. The van der Waals surface area contributed by atoms with E-state index in [9.17, 15) is 4.79 Å². The number of rotatable bonds is 8. The second-order valence-corrected chi connectivity index (χ2v) is 6.13. The molecule has 1 amide bonds. The van der Waals surface area contributed by atoms with Crippen molar-refractivity contribution in [3.63, 3.8) is 0 Å². The molecule has 0 aliphatic carbocycles. The van der Waals surface area contributed by atoms with Gasteiger partial charge in [0.1, 0.15) is 0 Å². The number of benzene rings is 1. The minimum Gasteiger partial charge on any atom is -0.351 e. The summed E-state index contributed by atoms with van der Waals surface area (Å²) in [6, 6.07) is 10.4. The van der Waals surface area contributed by atoms with Gasteiger partial charge in [-0.1, -0.05) is 43.7 Å². The van der Waals surface area contributed by atoms with Gasteiger partial charge in [-0.2, -0.15) is 0 Å². The maximum atomic E-state index is 12.0. The highest BCUT2D eigenvalue weighted by Gasteiger charge is 2.21. The fourth-order valence-electron chi connectivity index (χ4n) is 2.25. The molecule has 1 atom stereocenters. The first kappa shape index (κ1) is 16.7. The molecule has 0 aromatic heterocycles. The van der Waals surface area contributed by atoms with E-state index in [1.165, 1.54) is 5.56 Å². The molecule has 3 heteroatoms. The summed E-state index contributed by atoms with van der Waals surface area (Å²) in [5, 5.41) is 3.13. The summed E-state index contributed by atoms with van der Waals surface area (Å²) in [5.41, 5.74) is 6.78. The minimum absolute atomic E-state index is 0.111. The quantitative estimate of drug-likeness (QED) is 0.767. The number of nitrogens with two attached hydrogens (primary N) is 1. The highest BCUT2D eigenvalue weighted by atomic mass is 16.1. The fraction of sp³-hybridized carbons (Fsp3) is 0.588. The van der Waals surface area contributed by atoms with E-state index in [0.29, 0.717) is 18.9 Å². The van der Waals surface area contributed by atoms with Crippen LogP contribution in [-0.4, -0.2) is 18.0 Å². The van der Waals surface area contributed by atoms with Crippen molar-refractivity contribution >= 4 is 5.91 Å². The SMILES string of the molecule is CCC(CN)CC(=O)NC(C)(C)CCc1ccccc1. The molecule has 0 saturated heterocycles. The number of amides is 1. The molecular formula is C17H28N2O. The summed E-state index contributed by atoms with van der Waals surface area (Å²) >= 11 is 0. The van der Waals surface area contributed by atoms with Gasteiger partial charge in [0.05, 0.1) is 0 Å². The van der Waals surface area contributed by atoms with Crippen LogP contribution in [0.25, 0.3) is 0 Å². The van der Waals surface area contributed by atoms with Crippen LogP contribution in [0, 0.1) is 5.92 Å². The summed E-state index contributed by atoms with van der Waals surface area (Å²) in [5.74, 6) is 0.403. The molecule has 0 saturated carbocycles. The first-order valence-corrected chi connectivity index (χ1v) is 7.52. The Morgan fingerprint density at radius 3 is 2.50 bits per heavy atom. The van der Waals surface area contributed by atoms with Gasteiger partial charge in [-0.15, -0.1) is 0 Å². The topological polar surface area (TPSA) is 55.1 Å². The summed E-state index contributed by atoms with van der Waals surface area (Å²) in [6.45, 7) is 6.81. The molecule has 1 rings (SSSR count). The molecule has 1 aromatic rings. The molecule has 1 unspecified atom stereocenters.